The Hall–Kier alpha value is -3.93. The molecule has 0 bridgehead atoms. The standard InChI is InChI=1S/C39H32Br2O3/c40-34-21-7-9-23-36(34)43-38(25-13-11-19-32(38)29-15-3-1-4-16-29)27-31(42)28-39(44-37-24-10-8-22-35(37)41)26-14-12-20-33(39)30-17-5-2-6-18-30/h1-26,32-33H,27-28H2. The maximum atomic E-state index is 14.6. The lowest BCUT2D eigenvalue weighted by atomic mass is 9.72. The van der Waals surface area contributed by atoms with Crippen molar-refractivity contribution in [3.05, 3.63) is 178 Å². The van der Waals surface area contributed by atoms with Crippen LogP contribution in [0.25, 0.3) is 0 Å². The molecule has 0 spiro atoms. The molecule has 3 nitrogen and oxygen atoms in total. The normalized spacial score (nSPS) is 23.8. The molecular formula is C39H32Br2O3. The number of halogens is 2. The minimum Gasteiger partial charge on any atom is -0.481 e. The second kappa shape index (κ2) is 13.4. The number of ether oxygens (including phenoxy) is 2. The van der Waals surface area contributed by atoms with Crippen LogP contribution in [0.15, 0.2) is 167 Å². The molecule has 0 amide bonds. The highest BCUT2D eigenvalue weighted by atomic mass is 79.9. The van der Waals surface area contributed by atoms with Gasteiger partial charge >= 0.3 is 0 Å². The highest BCUT2D eigenvalue weighted by Gasteiger charge is 2.46. The number of hydrogen-bond donors (Lipinski definition) is 0. The first-order valence-corrected chi connectivity index (χ1v) is 16.3. The zero-order chi connectivity index (χ0) is 30.4. The van der Waals surface area contributed by atoms with Crippen molar-refractivity contribution < 1.29 is 14.3 Å². The van der Waals surface area contributed by atoms with Crippen molar-refractivity contribution in [2.45, 2.75) is 35.9 Å². The van der Waals surface area contributed by atoms with E-state index in [-0.39, 0.29) is 30.5 Å². The number of allylic oxidation sites excluding steroid dienone is 4. The summed E-state index contributed by atoms with van der Waals surface area (Å²) < 4.78 is 15.5. The van der Waals surface area contributed by atoms with Gasteiger partial charge in [-0.05, 0) is 79.4 Å². The smallest absolute Gasteiger partial charge is 0.145 e. The number of para-hydroxylation sites is 2. The van der Waals surface area contributed by atoms with Gasteiger partial charge in [-0.2, -0.15) is 0 Å². The molecule has 0 aliphatic heterocycles. The van der Waals surface area contributed by atoms with Crippen LogP contribution in [0.4, 0.5) is 0 Å². The molecule has 0 fully saturated rings. The Kier molecular flexibility index (Phi) is 9.15. The molecular weight excluding hydrogens is 676 g/mol. The van der Waals surface area contributed by atoms with E-state index in [9.17, 15) is 4.79 Å². The van der Waals surface area contributed by atoms with Crippen molar-refractivity contribution in [3.8, 4) is 11.5 Å². The second-order valence-electron chi connectivity index (χ2n) is 11.1. The zero-order valence-corrected chi connectivity index (χ0v) is 27.2. The van der Waals surface area contributed by atoms with Crippen LogP contribution < -0.4 is 9.47 Å². The fraction of sp³-hybridized carbons (Fsp3) is 0.154. The Morgan fingerprint density at radius 3 is 1.34 bits per heavy atom. The summed E-state index contributed by atoms with van der Waals surface area (Å²) in [5.41, 5.74) is 0.244. The molecule has 4 unspecified atom stereocenters. The van der Waals surface area contributed by atoms with Crippen molar-refractivity contribution in [1.29, 1.82) is 0 Å². The van der Waals surface area contributed by atoms with Crippen molar-refractivity contribution in [2.24, 2.45) is 0 Å². The van der Waals surface area contributed by atoms with Crippen LogP contribution in [0.3, 0.4) is 0 Å². The van der Waals surface area contributed by atoms with Crippen LogP contribution in [-0.2, 0) is 4.79 Å². The van der Waals surface area contributed by atoms with Crippen molar-refractivity contribution in [2.75, 3.05) is 0 Å². The van der Waals surface area contributed by atoms with Gasteiger partial charge in [-0.1, -0.05) is 121 Å². The van der Waals surface area contributed by atoms with Gasteiger partial charge in [0.1, 0.15) is 28.5 Å². The fourth-order valence-electron chi connectivity index (χ4n) is 6.18. The number of benzene rings is 4. The molecule has 4 aromatic carbocycles. The summed E-state index contributed by atoms with van der Waals surface area (Å²) in [5, 5.41) is 0. The molecule has 0 aromatic heterocycles. The van der Waals surface area contributed by atoms with Crippen LogP contribution >= 0.6 is 31.9 Å². The molecule has 0 radical (unpaired) electrons. The molecule has 44 heavy (non-hydrogen) atoms. The van der Waals surface area contributed by atoms with E-state index in [1.807, 2.05) is 121 Å². The Labute approximate surface area is 275 Å². The third-order valence-corrected chi connectivity index (χ3v) is 9.49. The molecule has 0 saturated carbocycles. The van der Waals surface area contributed by atoms with Crippen LogP contribution in [-0.4, -0.2) is 17.0 Å². The van der Waals surface area contributed by atoms with Gasteiger partial charge in [0.05, 0.1) is 21.8 Å². The molecule has 2 aliphatic carbocycles. The molecule has 6 rings (SSSR count). The van der Waals surface area contributed by atoms with E-state index in [4.69, 9.17) is 9.47 Å². The fourth-order valence-corrected chi connectivity index (χ4v) is 6.91. The minimum absolute atomic E-state index is 0.0332. The molecule has 220 valence electrons. The van der Waals surface area contributed by atoms with E-state index in [1.54, 1.807) is 0 Å². The van der Waals surface area contributed by atoms with Gasteiger partial charge in [0, 0.05) is 11.8 Å². The maximum Gasteiger partial charge on any atom is 0.145 e. The van der Waals surface area contributed by atoms with Crippen LogP contribution in [0.5, 0.6) is 11.5 Å². The van der Waals surface area contributed by atoms with Crippen molar-refractivity contribution in [3.63, 3.8) is 0 Å². The number of ketones is 1. The third-order valence-electron chi connectivity index (χ3n) is 8.18. The van der Waals surface area contributed by atoms with E-state index in [1.165, 1.54) is 0 Å². The summed E-state index contributed by atoms with van der Waals surface area (Å²) in [6.07, 6.45) is 16.6. The zero-order valence-electron chi connectivity index (χ0n) is 24.1. The van der Waals surface area contributed by atoms with Crippen LogP contribution in [0.2, 0.25) is 0 Å². The largest absolute Gasteiger partial charge is 0.481 e. The highest BCUT2D eigenvalue weighted by molar-refractivity contribution is 9.10. The summed E-state index contributed by atoms with van der Waals surface area (Å²) in [4.78, 5) is 14.6. The van der Waals surface area contributed by atoms with Gasteiger partial charge < -0.3 is 9.47 Å². The molecule has 0 saturated heterocycles. The van der Waals surface area contributed by atoms with Gasteiger partial charge in [-0.3, -0.25) is 4.79 Å². The van der Waals surface area contributed by atoms with Gasteiger partial charge in [0.25, 0.3) is 0 Å². The van der Waals surface area contributed by atoms with Crippen LogP contribution in [0, 0.1) is 0 Å². The van der Waals surface area contributed by atoms with Crippen LogP contribution in [0.1, 0.15) is 35.8 Å². The maximum absolute atomic E-state index is 14.6. The van der Waals surface area contributed by atoms with E-state index >= 15 is 0 Å². The molecule has 5 heteroatoms. The summed E-state index contributed by atoms with van der Waals surface area (Å²) in [6.45, 7) is 0. The SMILES string of the molecule is O=C(CC1(Oc2ccccc2Br)C=CC=CC1c1ccccc1)CC1(Oc2ccccc2Br)C=CC=CC1c1ccccc1. The van der Waals surface area contributed by atoms with Gasteiger partial charge in [0.15, 0.2) is 0 Å². The number of hydrogen-bond acceptors (Lipinski definition) is 3. The van der Waals surface area contributed by atoms with Gasteiger partial charge in [-0.15, -0.1) is 0 Å². The van der Waals surface area contributed by atoms with Gasteiger partial charge in [-0.25, -0.2) is 0 Å². The first kappa shape index (κ1) is 30.1. The quantitative estimate of drug-likeness (QED) is 0.165. The lowest BCUT2D eigenvalue weighted by Gasteiger charge is -2.42. The first-order valence-electron chi connectivity index (χ1n) is 14.7. The minimum atomic E-state index is -0.956. The number of rotatable bonds is 10. The summed E-state index contributed by atoms with van der Waals surface area (Å²) in [6, 6.07) is 36.0. The van der Waals surface area contributed by atoms with E-state index in [0.29, 0.717) is 11.5 Å². The monoisotopic (exact) mass is 706 g/mol. The summed E-state index contributed by atoms with van der Waals surface area (Å²) >= 11 is 7.32. The van der Waals surface area contributed by atoms with Crippen molar-refractivity contribution in [1.82, 2.24) is 0 Å². The Morgan fingerprint density at radius 2 is 0.932 bits per heavy atom. The topological polar surface area (TPSA) is 35.5 Å². The Balaban J connectivity index is 1.40. The predicted molar refractivity (Wildman–Crippen MR) is 184 cm³/mol. The third kappa shape index (κ3) is 6.45. The van der Waals surface area contributed by atoms with Crippen molar-refractivity contribution >= 4 is 37.6 Å². The van der Waals surface area contributed by atoms with E-state index in [2.05, 4.69) is 68.3 Å². The second-order valence-corrected chi connectivity index (χ2v) is 12.8. The molecule has 2 aliphatic rings. The lowest BCUT2D eigenvalue weighted by molar-refractivity contribution is -0.125. The summed E-state index contributed by atoms with van der Waals surface area (Å²) in [5.74, 6) is 1.03. The predicted octanol–water partition coefficient (Wildman–Crippen LogP) is 10.3. The molecule has 0 heterocycles. The number of carbonyl (C=O) groups excluding carboxylic acids is 1. The number of Topliss-reactive ketones (excluding diaryl/α,β-unsaturated/α-hetero) is 1. The van der Waals surface area contributed by atoms with E-state index in [0.717, 1.165) is 20.1 Å². The average molecular weight is 708 g/mol. The molecule has 4 atom stereocenters. The first-order chi connectivity index (χ1) is 21.5. The molecule has 0 N–H and O–H groups in total. The Bertz CT molecular complexity index is 1600. The average Bonchev–Trinajstić information content (AvgIpc) is 3.04. The Morgan fingerprint density at radius 1 is 0.545 bits per heavy atom. The number of carbonyl (C=O) groups is 1. The van der Waals surface area contributed by atoms with E-state index < -0.39 is 11.2 Å². The highest BCUT2D eigenvalue weighted by Crippen LogP contribution is 2.45. The lowest BCUT2D eigenvalue weighted by Crippen LogP contribution is -2.47. The summed E-state index contributed by atoms with van der Waals surface area (Å²) in [7, 11) is 0. The molecule has 4 aromatic rings. The van der Waals surface area contributed by atoms with Gasteiger partial charge in [0.2, 0.25) is 0 Å².